The van der Waals surface area contributed by atoms with Gasteiger partial charge in [0, 0.05) is 17.7 Å². The molecular weight excluding hydrogens is 374 g/mol. The number of benzene rings is 2. The number of amides is 1. The van der Waals surface area contributed by atoms with Gasteiger partial charge in [-0.1, -0.05) is 0 Å². The molecule has 0 aromatic heterocycles. The van der Waals surface area contributed by atoms with Crippen molar-refractivity contribution in [3.8, 4) is 23.0 Å². The highest BCUT2D eigenvalue weighted by Crippen LogP contribution is 2.41. The molecule has 1 fully saturated rings. The molecule has 152 valence electrons. The maximum Gasteiger partial charge on any atom is 0.254 e. The van der Waals surface area contributed by atoms with E-state index in [2.05, 4.69) is 0 Å². The zero-order valence-electron chi connectivity index (χ0n) is 16.5. The Balaban J connectivity index is 1.60. The molecule has 2 aromatic rings. The number of rotatable bonds is 5. The molecular formula is C22H23NO6. The molecule has 1 unspecified atom stereocenters. The van der Waals surface area contributed by atoms with Crippen LogP contribution in [0.3, 0.4) is 0 Å². The van der Waals surface area contributed by atoms with Crippen molar-refractivity contribution < 1.29 is 28.5 Å². The van der Waals surface area contributed by atoms with Gasteiger partial charge in [0.15, 0.2) is 17.3 Å². The summed E-state index contributed by atoms with van der Waals surface area (Å²) in [6, 6.07) is 9.77. The van der Waals surface area contributed by atoms with Gasteiger partial charge in [0.2, 0.25) is 5.75 Å². The minimum absolute atomic E-state index is 0.0667. The summed E-state index contributed by atoms with van der Waals surface area (Å²) in [7, 11) is 3.10. The van der Waals surface area contributed by atoms with Gasteiger partial charge in [0.25, 0.3) is 5.91 Å². The first-order valence-corrected chi connectivity index (χ1v) is 9.59. The Hall–Kier alpha value is -3.22. The number of fused-ring (bicyclic) bond motifs is 1. The SMILES string of the molecule is COc1ccc(C(=O)C2CCCN2C(=O)c2cc(OC)c3c(c2)OCCO3)cc1. The van der Waals surface area contributed by atoms with Crippen molar-refractivity contribution in [2.75, 3.05) is 34.0 Å². The Morgan fingerprint density at radius 3 is 2.48 bits per heavy atom. The van der Waals surface area contributed by atoms with Gasteiger partial charge < -0.3 is 23.8 Å². The Kier molecular flexibility index (Phi) is 5.29. The smallest absolute Gasteiger partial charge is 0.254 e. The number of hydrogen-bond acceptors (Lipinski definition) is 6. The van der Waals surface area contributed by atoms with E-state index in [0.717, 1.165) is 6.42 Å². The molecule has 0 aliphatic carbocycles. The third kappa shape index (κ3) is 3.60. The fourth-order valence-corrected chi connectivity index (χ4v) is 3.79. The highest BCUT2D eigenvalue weighted by Gasteiger charge is 2.35. The van der Waals surface area contributed by atoms with E-state index in [1.165, 1.54) is 7.11 Å². The molecule has 2 aromatic carbocycles. The van der Waals surface area contributed by atoms with E-state index < -0.39 is 6.04 Å². The molecule has 0 bridgehead atoms. The number of carbonyl (C=O) groups is 2. The average molecular weight is 397 g/mol. The summed E-state index contributed by atoms with van der Waals surface area (Å²) in [4.78, 5) is 27.9. The van der Waals surface area contributed by atoms with Gasteiger partial charge in [-0.3, -0.25) is 9.59 Å². The van der Waals surface area contributed by atoms with E-state index >= 15 is 0 Å². The maximum absolute atomic E-state index is 13.2. The number of likely N-dealkylation sites (tertiary alicyclic amines) is 1. The van der Waals surface area contributed by atoms with Gasteiger partial charge in [-0.05, 0) is 49.2 Å². The summed E-state index contributed by atoms with van der Waals surface area (Å²) < 4.78 is 21.8. The molecule has 0 N–H and O–H groups in total. The van der Waals surface area contributed by atoms with Crippen LogP contribution in [0.4, 0.5) is 0 Å². The van der Waals surface area contributed by atoms with Gasteiger partial charge in [0.1, 0.15) is 19.0 Å². The van der Waals surface area contributed by atoms with Crippen molar-refractivity contribution in [3.63, 3.8) is 0 Å². The molecule has 2 aliphatic rings. The Labute approximate surface area is 169 Å². The van der Waals surface area contributed by atoms with Crippen LogP contribution >= 0.6 is 0 Å². The van der Waals surface area contributed by atoms with Crippen molar-refractivity contribution in [1.29, 1.82) is 0 Å². The molecule has 2 heterocycles. The minimum atomic E-state index is -0.491. The van der Waals surface area contributed by atoms with Crippen LogP contribution in [0, 0.1) is 0 Å². The van der Waals surface area contributed by atoms with Crippen LogP contribution in [-0.4, -0.2) is 56.6 Å². The van der Waals surface area contributed by atoms with Crippen LogP contribution < -0.4 is 18.9 Å². The van der Waals surface area contributed by atoms with Crippen molar-refractivity contribution >= 4 is 11.7 Å². The zero-order chi connectivity index (χ0) is 20.4. The number of carbonyl (C=O) groups excluding carboxylic acids is 2. The van der Waals surface area contributed by atoms with E-state index in [4.69, 9.17) is 18.9 Å². The lowest BCUT2D eigenvalue weighted by Gasteiger charge is -2.26. The molecule has 7 nitrogen and oxygen atoms in total. The van der Waals surface area contributed by atoms with Crippen molar-refractivity contribution in [1.82, 2.24) is 4.90 Å². The molecule has 2 aliphatic heterocycles. The number of nitrogens with zero attached hydrogens (tertiary/aromatic N) is 1. The number of ketones is 1. The molecule has 0 radical (unpaired) electrons. The predicted octanol–water partition coefficient (Wildman–Crippen LogP) is 2.96. The quantitative estimate of drug-likeness (QED) is 0.722. The monoisotopic (exact) mass is 397 g/mol. The molecule has 29 heavy (non-hydrogen) atoms. The fourth-order valence-electron chi connectivity index (χ4n) is 3.79. The molecule has 0 spiro atoms. The summed E-state index contributed by atoms with van der Waals surface area (Å²) in [5.41, 5.74) is 0.982. The highest BCUT2D eigenvalue weighted by molar-refractivity contribution is 6.05. The summed E-state index contributed by atoms with van der Waals surface area (Å²) >= 11 is 0. The largest absolute Gasteiger partial charge is 0.497 e. The third-order valence-corrected chi connectivity index (χ3v) is 5.27. The van der Waals surface area contributed by atoms with Crippen LogP contribution in [0.5, 0.6) is 23.0 Å². The standard InChI is InChI=1S/C22H23NO6/c1-26-16-7-5-14(6-8-16)20(24)17-4-3-9-23(17)22(25)15-12-18(27-2)21-19(13-15)28-10-11-29-21/h5-8,12-13,17H,3-4,9-11H2,1-2H3. The van der Waals surface area contributed by atoms with Crippen LogP contribution in [0.15, 0.2) is 36.4 Å². The number of hydrogen-bond donors (Lipinski definition) is 0. The van der Waals surface area contributed by atoms with E-state index in [9.17, 15) is 9.59 Å². The first-order valence-electron chi connectivity index (χ1n) is 9.59. The minimum Gasteiger partial charge on any atom is -0.497 e. The molecule has 1 atom stereocenters. The van der Waals surface area contributed by atoms with Gasteiger partial charge in [-0.15, -0.1) is 0 Å². The summed E-state index contributed by atoms with van der Waals surface area (Å²) in [6.07, 6.45) is 1.41. The first-order chi connectivity index (χ1) is 14.1. The lowest BCUT2D eigenvalue weighted by molar-refractivity contribution is 0.0670. The zero-order valence-corrected chi connectivity index (χ0v) is 16.5. The van der Waals surface area contributed by atoms with Crippen LogP contribution in [-0.2, 0) is 0 Å². The van der Waals surface area contributed by atoms with Gasteiger partial charge in [-0.2, -0.15) is 0 Å². The lowest BCUT2D eigenvalue weighted by atomic mass is 10.0. The second-order valence-corrected chi connectivity index (χ2v) is 6.95. The number of ether oxygens (including phenoxy) is 4. The Morgan fingerprint density at radius 2 is 1.76 bits per heavy atom. The Bertz CT molecular complexity index is 906. The second-order valence-electron chi connectivity index (χ2n) is 6.95. The normalized spacial score (nSPS) is 17.7. The molecule has 4 rings (SSSR count). The molecule has 0 saturated carbocycles. The van der Waals surface area contributed by atoms with E-state index in [1.54, 1.807) is 48.4 Å². The number of methoxy groups -OCH3 is 2. The fraction of sp³-hybridized carbons (Fsp3) is 0.364. The predicted molar refractivity (Wildman–Crippen MR) is 105 cm³/mol. The van der Waals surface area contributed by atoms with Gasteiger partial charge in [0.05, 0.1) is 20.3 Å². The summed E-state index contributed by atoms with van der Waals surface area (Å²) in [5.74, 6) is 1.83. The number of Topliss-reactive ketones (excluding diaryl/α,β-unsaturated/α-hetero) is 1. The Morgan fingerprint density at radius 1 is 1.00 bits per heavy atom. The summed E-state index contributed by atoms with van der Waals surface area (Å²) in [5, 5.41) is 0. The van der Waals surface area contributed by atoms with Crippen molar-refractivity contribution in [3.05, 3.63) is 47.5 Å². The van der Waals surface area contributed by atoms with E-state index in [0.29, 0.717) is 60.3 Å². The molecule has 1 saturated heterocycles. The van der Waals surface area contributed by atoms with E-state index in [1.807, 2.05) is 0 Å². The van der Waals surface area contributed by atoms with Crippen molar-refractivity contribution in [2.24, 2.45) is 0 Å². The van der Waals surface area contributed by atoms with Crippen molar-refractivity contribution in [2.45, 2.75) is 18.9 Å². The van der Waals surface area contributed by atoms with Crippen LogP contribution in [0.1, 0.15) is 33.6 Å². The van der Waals surface area contributed by atoms with Crippen LogP contribution in [0.25, 0.3) is 0 Å². The second kappa shape index (κ2) is 8.03. The molecule has 1 amide bonds. The van der Waals surface area contributed by atoms with E-state index in [-0.39, 0.29) is 11.7 Å². The third-order valence-electron chi connectivity index (χ3n) is 5.27. The highest BCUT2D eigenvalue weighted by atomic mass is 16.6. The maximum atomic E-state index is 13.2. The van der Waals surface area contributed by atoms with Crippen LogP contribution in [0.2, 0.25) is 0 Å². The first kappa shape index (κ1) is 19.1. The molecule has 7 heteroatoms. The average Bonchev–Trinajstić information content (AvgIpc) is 3.27. The van der Waals surface area contributed by atoms with Gasteiger partial charge >= 0.3 is 0 Å². The summed E-state index contributed by atoms with van der Waals surface area (Å²) in [6.45, 7) is 1.37. The lowest BCUT2D eigenvalue weighted by Crippen LogP contribution is -2.40. The van der Waals surface area contributed by atoms with Gasteiger partial charge in [-0.25, -0.2) is 0 Å². The topological polar surface area (TPSA) is 74.3 Å².